The van der Waals surface area contributed by atoms with E-state index < -0.39 is 63.4 Å². The number of likely N-dealkylation sites (tertiary alicyclic amines) is 1. The van der Waals surface area contributed by atoms with Crippen LogP contribution in [0.15, 0.2) is 42.4 Å². The second kappa shape index (κ2) is 15.3. The van der Waals surface area contributed by atoms with Crippen LogP contribution < -0.4 is 15.4 Å². The molecule has 7 nitrogen and oxygen atoms in total. The van der Waals surface area contributed by atoms with Crippen molar-refractivity contribution in [3.63, 3.8) is 0 Å². The molecule has 0 radical (unpaired) electrons. The van der Waals surface area contributed by atoms with Crippen molar-refractivity contribution in [3.05, 3.63) is 59.6 Å². The molecule has 4 heterocycles. The number of benzene rings is 2. The highest BCUT2D eigenvalue weighted by atomic mass is 28.3. The molecule has 0 amide bonds. The lowest BCUT2D eigenvalue weighted by atomic mass is 9.78. The fraction of sp³-hybridized carbons (Fsp3) is 0.523. The van der Waals surface area contributed by atoms with Crippen LogP contribution >= 0.6 is 0 Å². The van der Waals surface area contributed by atoms with Gasteiger partial charge in [-0.25, -0.2) is 17.6 Å². The van der Waals surface area contributed by atoms with E-state index in [-0.39, 0.29) is 86.6 Å². The molecule has 4 aromatic rings. The van der Waals surface area contributed by atoms with E-state index in [0.29, 0.717) is 30.2 Å². The third kappa shape index (κ3) is 6.93. The summed E-state index contributed by atoms with van der Waals surface area (Å²) in [6, 6.07) is 4.84. The lowest BCUT2D eigenvalue weighted by Gasteiger charge is -2.40. The SMILES string of the molecule is [2H]C([2H])([2H])N1CC/C(=C\F)[C@](C)(C([2H])([2H])Oc2nc(N3CCCC[C@H]4[C@H](F)[C@H]43)c3cnc(-c4cc(N)cc5ccc(F)c(C#C[Si](C(C)C)(C(C)C)C(C)C)c45)c(F)c3n2)C1. The van der Waals surface area contributed by atoms with E-state index in [1.165, 1.54) is 25.3 Å². The van der Waals surface area contributed by atoms with Crippen LogP contribution in [0.4, 0.5) is 29.1 Å². The normalized spacial score (nSPS) is 25.7. The zero-order valence-electron chi connectivity index (χ0n) is 38.1. The Bertz CT molecular complexity index is 2440. The Labute approximate surface area is 336 Å². The standard InChI is InChI=1S/C44H54F4N6OSi/c1-25(2)56(26(3)4,27(5)6)18-15-31-35(46)13-12-28-19-30(49)20-33(36(28)31)39-38(48)40-34(22-50-39)42(54-16-10-9-11-32-37(47)41(32)54)52-43(51-40)55-24-44(7)23-53(8)17-14-29(44)21-45/h12-13,19-22,25-27,32,37,41H,9-11,14,16-17,23-24,49H2,1-8H3/b29-21+/t32-,37-,41-,44-/m0/s1/i8D3,24D2. The maximum Gasteiger partial charge on any atom is 0.319 e. The molecule has 2 aromatic heterocycles. The van der Waals surface area contributed by atoms with Crippen LogP contribution in [0, 0.1) is 34.4 Å². The highest BCUT2D eigenvalue weighted by Gasteiger charge is 2.55. The molecule has 0 unspecified atom stereocenters. The second-order valence-electron chi connectivity index (χ2n) is 16.9. The second-order valence-corrected chi connectivity index (χ2v) is 22.5. The van der Waals surface area contributed by atoms with Crippen molar-refractivity contribution in [2.24, 2.45) is 11.3 Å². The number of nitrogens with zero attached hydrogens (tertiary/aromatic N) is 5. The lowest BCUT2D eigenvalue weighted by molar-refractivity contribution is 0.109. The summed E-state index contributed by atoms with van der Waals surface area (Å²) in [6.45, 7) is 8.73. The van der Waals surface area contributed by atoms with Crippen molar-refractivity contribution >= 4 is 41.3 Å². The molecule has 298 valence electrons. The number of hydrogen-bond donors (Lipinski definition) is 1. The van der Waals surface area contributed by atoms with Gasteiger partial charge in [0.1, 0.15) is 43.7 Å². The molecule has 0 bridgehead atoms. The van der Waals surface area contributed by atoms with Crippen molar-refractivity contribution < 1.29 is 29.2 Å². The van der Waals surface area contributed by atoms with E-state index in [1.807, 2.05) is 0 Å². The molecule has 56 heavy (non-hydrogen) atoms. The van der Waals surface area contributed by atoms with E-state index >= 15 is 13.2 Å². The van der Waals surface area contributed by atoms with Crippen LogP contribution in [0.3, 0.4) is 0 Å². The first-order chi connectivity index (χ1) is 28.6. The van der Waals surface area contributed by atoms with Gasteiger partial charge in [0.2, 0.25) is 0 Å². The molecule has 2 aromatic carbocycles. The van der Waals surface area contributed by atoms with Gasteiger partial charge in [0.05, 0.1) is 26.1 Å². The number of fused-ring (bicyclic) bond motifs is 3. The number of halogens is 4. The van der Waals surface area contributed by atoms with Crippen LogP contribution in [0.25, 0.3) is 32.9 Å². The molecule has 3 fully saturated rings. The van der Waals surface area contributed by atoms with Crippen molar-refractivity contribution in [2.45, 2.75) is 103 Å². The van der Waals surface area contributed by atoms with Crippen molar-refractivity contribution in [3.8, 4) is 28.7 Å². The first-order valence-electron chi connectivity index (χ1n) is 22.1. The maximum atomic E-state index is 17.6. The number of nitrogens with two attached hydrogens (primary N) is 1. The summed E-state index contributed by atoms with van der Waals surface area (Å²) in [5.41, 5.74) is 8.82. The van der Waals surface area contributed by atoms with Crippen LogP contribution in [0.5, 0.6) is 6.01 Å². The van der Waals surface area contributed by atoms with Gasteiger partial charge in [-0.05, 0) is 72.0 Å². The Hall–Kier alpha value is -4.21. The highest BCUT2D eigenvalue weighted by Crippen LogP contribution is 2.48. The molecule has 2 aliphatic heterocycles. The van der Waals surface area contributed by atoms with E-state index in [2.05, 4.69) is 68.0 Å². The van der Waals surface area contributed by atoms with Gasteiger partial charge in [-0.15, -0.1) is 5.54 Å². The summed E-state index contributed by atoms with van der Waals surface area (Å²) in [6.07, 6.45) is 2.48. The van der Waals surface area contributed by atoms with Gasteiger partial charge in [0, 0.05) is 57.9 Å². The lowest BCUT2D eigenvalue weighted by Crippen LogP contribution is -2.44. The largest absolute Gasteiger partial charge is 0.462 e. The number of piperidine rings is 1. The summed E-state index contributed by atoms with van der Waals surface area (Å²) in [7, 11) is -2.36. The Morgan fingerprint density at radius 3 is 2.55 bits per heavy atom. The summed E-state index contributed by atoms with van der Waals surface area (Å²) in [5, 5.41) is 0.920. The first kappa shape index (κ1) is 33.9. The number of anilines is 2. The number of hydrogen-bond acceptors (Lipinski definition) is 7. The minimum Gasteiger partial charge on any atom is -0.462 e. The number of alkyl halides is 1. The van der Waals surface area contributed by atoms with Crippen molar-refractivity contribution in [1.82, 2.24) is 19.9 Å². The minimum absolute atomic E-state index is 0.0138. The Balaban J connectivity index is 1.45. The van der Waals surface area contributed by atoms with Gasteiger partial charge in [-0.3, -0.25) is 4.98 Å². The molecule has 2 N–H and O–H groups in total. The summed E-state index contributed by atoms with van der Waals surface area (Å²) in [4.78, 5) is 16.4. The minimum atomic E-state index is -2.84. The fourth-order valence-corrected chi connectivity index (χ4v) is 14.7. The monoisotopic (exact) mass is 791 g/mol. The molecular weight excluding hydrogens is 733 g/mol. The molecule has 0 spiro atoms. The molecule has 2 saturated heterocycles. The molecule has 1 aliphatic carbocycles. The molecule has 7 rings (SSSR count). The van der Waals surface area contributed by atoms with E-state index in [0.717, 1.165) is 11.3 Å². The number of rotatable bonds is 8. The first-order valence-corrected chi connectivity index (χ1v) is 21.9. The van der Waals surface area contributed by atoms with Gasteiger partial charge >= 0.3 is 6.01 Å². The predicted molar refractivity (Wildman–Crippen MR) is 221 cm³/mol. The third-order valence-corrected chi connectivity index (χ3v) is 18.8. The highest BCUT2D eigenvalue weighted by molar-refractivity contribution is 6.90. The summed E-state index contributed by atoms with van der Waals surface area (Å²) >= 11 is 0. The van der Waals surface area contributed by atoms with E-state index in [1.54, 1.807) is 17.0 Å². The van der Waals surface area contributed by atoms with Gasteiger partial charge in [0.15, 0.2) is 5.82 Å². The Kier molecular flexibility index (Phi) is 9.24. The third-order valence-electron chi connectivity index (χ3n) is 12.5. The number of pyridine rings is 1. The zero-order valence-corrected chi connectivity index (χ0v) is 34.1. The van der Waals surface area contributed by atoms with E-state index in [4.69, 9.17) is 14.6 Å². The van der Waals surface area contributed by atoms with Crippen molar-refractivity contribution in [1.29, 1.82) is 0 Å². The summed E-state index contributed by atoms with van der Waals surface area (Å²) < 4.78 is 112. The molecular formula is C44H54F4N6OSi. The number of nitrogen functional groups attached to an aromatic ring is 1. The number of aromatic nitrogens is 3. The average Bonchev–Trinajstić information content (AvgIpc) is 3.87. The number of ether oxygens (including phenoxy) is 1. The van der Waals surface area contributed by atoms with Crippen molar-refractivity contribution in [2.75, 3.05) is 43.8 Å². The maximum absolute atomic E-state index is 17.6. The Morgan fingerprint density at radius 1 is 1.11 bits per heavy atom. The van der Waals surface area contributed by atoms with Crippen LogP contribution in [-0.4, -0.2) is 73.3 Å². The molecule has 12 heteroatoms. The van der Waals surface area contributed by atoms with Crippen LogP contribution in [0.1, 0.15) is 86.6 Å². The quantitative estimate of drug-likeness (QED) is 0.0824. The molecule has 1 saturated carbocycles. The molecule has 3 aliphatic rings. The smallest absolute Gasteiger partial charge is 0.319 e. The fourth-order valence-electron chi connectivity index (χ4n) is 9.48. The van der Waals surface area contributed by atoms with Gasteiger partial charge in [-0.2, -0.15) is 9.97 Å². The summed E-state index contributed by atoms with van der Waals surface area (Å²) in [5.74, 6) is 1.47. The average molecular weight is 792 g/mol. The Morgan fingerprint density at radius 2 is 1.86 bits per heavy atom. The topological polar surface area (TPSA) is 80.4 Å². The van der Waals surface area contributed by atoms with Gasteiger partial charge < -0.3 is 20.3 Å². The molecule has 4 atom stereocenters. The van der Waals surface area contributed by atoms with Gasteiger partial charge in [-0.1, -0.05) is 66.9 Å². The zero-order chi connectivity index (χ0) is 44.6. The predicted octanol–water partition coefficient (Wildman–Crippen LogP) is 10.2. The van der Waals surface area contributed by atoms with Gasteiger partial charge in [0.25, 0.3) is 0 Å². The van der Waals surface area contributed by atoms with E-state index in [9.17, 15) is 7.13 Å². The van der Waals surface area contributed by atoms with Crippen LogP contribution in [-0.2, 0) is 0 Å². The van der Waals surface area contributed by atoms with Crippen LogP contribution in [0.2, 0.25) is 16.6 Å².